The number of aromatic nitrogens is 1. The van der Waals surface area contributed by atoms with Crippen molar-refractivity contribution in [2.45, 2.75) is 13.3 Å². The number of thiazole rings is 1. The molecule has 0 bridgehead atoms. The van der Waals surface area contributed by atoms with Gasteiger partial charge in [0.1, 0.15) is 7.11 Å². The molecule has 1 aromatic rings. The molecule has 11 heavy (non-hydrogen) atoms. The van der Waals surface area contributed by atoms with Crippen LogP contribution in [0.25, 0.3) is 0 Å². The van der Waals surface area contributed by atoms with E-state index in [9.17, 15) is 0 Å². The first-order valence-corrected chi connectivity index (χ1v) is 4.16. The minimum absolute atomic E-state index is 0.810. The Balaban J connectivity index is 2.50. The van der Waals surface area contributed by atoms with E-state index in [0.717, 1.165) is 12.1 Å². The summed E-state index contributed by atoms with van der Waals surface area (Å²) in [4.78, 5) is 9.89. The molecule has 0 amide bonds. The molecule has 0 saturated carbocycles. The molecule has 60 valence electrons. The third-order valence-electron chi connectivity index (χ3n) is 1.30. The molecule has 0 radical (unpaired) electrons. The first kappa shape index (κ1) is 8.20. The number of nitrogens with zero attached hydrogens (tertiary/aromatic N) is 2. The van der Waals surface area contributed by atoms with Crippen LogP contribution in [0.4, 0.5) is 0 Å². The number of aryl methyl sites for hydroxylation is 1. The Morgan fingerprint density at radius 2 is 2.64 bits per heavy atom. The summed E-state index contributed by atoms with van der Waals surface area (Å²) in [5.74, 6) is 0. The number of hydrogen-bond donors (Lipinski definition) is 0. The number of rotatable bonds is 3. The van der Waals surface area contributed by atoms with Gasteiger partial charge in [-0.3, -0.25) is 0 Å². The summed E-state index contributed by atoms with van der Waals surface area (Å²) in [6, 6.07) is 0. The Hall–Kier alpha value is -0.900. The lowest BCUT2D eigenvalue weighted by Crippen LogP contribution is -1.85. The van der Waals surface area contributed by atoms with Gasteiger partial charge in [-0.2, -0.15) is 0 Å². The summed E-state index contributed by atoms with van der Waals surface area (Å²) >= 11 is 1.64. The number of hydrogen-bond acceptors (Lipinski definition) is 4. The van der Waals surface area contributed by atoms with Crippen LogP contribution in [0.3, 0.4) is 0 Å². The van der Waals surface area contributed by atoms with Crippen LogP contribution in [0.2, 0.25) is 0 Å². The van der Waals surface area contributed by atoms with Crippen molar-refractivity contribution in [2.75, 3.05) is 7.11 Å². The van der Waals surface area contributed by atoms with Gasteiger partial charge in [0, 0.05) is 17.5 Å². The van der Waals surface area contributed by atoms with Gasteiger partial charge in [-0.15, -0.1) is 11.3 Å². The SMILES string of the molecule is CON=CCc1scnc1C. The normalized spacial score (nSPS) is 10.7. The average Bonchev–Trinajstić information content (AvgIpc) is 2.37. The van der Waals surface area contributed by atoms with Crippen LogP contribution in [0.5, 0.6) is 0 Å². The van der Waals surface area contributed by atoms with Gasteiger partial charge in [0.2, 0.25) is 0 Å². The van der Waals surface area contributed by atoms with Crippen LogP contribution in [-0.4, -0.2) is 18.3 Å². The molecule has 0 aliphatic rings. The maximum absolute atomic E-state index is 4.53. The minimum atomic E-state index is 0.810. The molecule has 3 nitrogen and oxygen atoms in total. The average molecular weight is 170 g/mol. The zero-order valence-electron chi connectivity index (χ0n) is 6.57. The van der Waals surface area contributed by atoms with E-state index in [0.29, 0.717) is 0 Å². The largest absolute Gasteiger partial charge is 0.399 e. The standard InChI is InChI=1S/C7H10N2OS/c1-6-7(11-5-8-6)3-4-9-10-2/h4-5H,3H2,1-2H3. The van der Waals surface area contributed by atoms with Gasteiger partial charge < -0.3 is 4.84 Å². The second-order valence-corrected chi connectivity index (χ2v) is 2.97. The molecule has 0 aliphatic heterocycles. The predicted molar refractivity (Wildman–Crippen MR) is 46.1 cm³/mol. The van der Waals surface area contributed by atoms with Gasteiger partial charge in [0.25, 0.3) is 0 Å². The molecule has 4 heteroatoms. The van der Waals surface area contributed by atoms with E-state index < -0.39 is 0 Å². The van der Waals surface area contributed by atoms with E-state index in [1.807, 2.05) is 12.4 Å². The fourth-order valence-corrected chi connectivity index (χ4v) is 1.45. The first-order chi connectivity index (χ1) is 5.34. The lowest BCUT2D eigenvalue weighted by molar-refractivity contribution is 0.215. The van der Waals surface area contributed by atoms with E-state index in [4.69, 9.17) is 0 Å². The summed E-state index contributed by atoms with van der Waals surface area (Å²) in [7, 11) is 1.54. The van der Waals surface area contributed by atoms with E-state index in [2.05, 4.69) is 15.0 Å². The highest BCUT2D eigenvalue weighted by Gasteiger charge is 1.97. The van der Waals surface area contributed by atoms with Gasteiger partial charge in [-0.25, -0.2) is 4.98 Å². The van der Waals surface area contributed by atoms with Gasteiger partial charge >= 0.3 is 0 Å². The van der Waals surface area contributed by atoms with Crippen LogP contribution in [0, 0.1) is 6.92 Å². The fraction of sp³-hybridized carbons (Fsp3) is 0.429. The Morgan fingerprint density at radius 3 is 3.18 bits per heavy atom. The molecule has 0 aromatic carbocycles. The summed E-state index contributed by atoms with van der Waals surface area (Å²) in [5.41, 5.74) is 2.92. The highest BCUT2D eigenvalue weighted by atomic mass is 32.1. The van der Waals surface area contributed by atoms with Crippen LogP contribution < -0.4 is 0 Å². The minimum Gasteiger partial charge on any atom is -0.399 e. The number of oxime groups is 1. The maximum atomic E-state index is 4.53. The van der Waals surface area contributed by atoms with E-state index in [-0.39, 0.29) is 0 Å². The van der Waals surface area contributed by atoms with Crippen molar-refractivity contribution >= 4 is 17.6 Å². The van der Waals surface area contributed by atoms with Crippen molar-refractivity contribution in [3.63, 3.8) is 0 Å². The van der Waals surface area contributed by atoms with Gasteiger partial charge in [0.15, 0.2) is 0 Å². The highest BCUT2D eigenvalue weighted by Crippen LogP contribution is 2.11. The van der Waals surface area contributed by atoms with Crippen molar-refractivity contribution in [1.29, 1.82) is 0 Å². The van der Waals surface area contributed by atoms with Crippen molar-refractivity contribution in [3.05, 3.63) is 16.1 Å². The van der Waals surface area contributed by atoms with Crippen molar-refractivity contribution in [3.8, 4) is 0 Å². The first-order valence-electron chi connectivity index (χ1n) is 3.28. The lowest BCUT2D eigenvalue weighted by Gasteiger charge is -1.89. The molecular weight excluding hydrogens is 160 g/mol. The molecule has 1 rings (SSSR count). The molecule has 0 saturated heterocycles. The van der Waals surface area contributed by atoms with Crippen LogP contribution >= 0.6 is 11.3 Å². The molecule has 0 fully saturated rings. The van der Waals surface area contributed by atoms with Gasteiger partial charge in [0.05, 0.1) is 11.2 Å². The third kappa shape index (κ3) is 2.31. The van der Waals surface area contributed by atoms with Crippen LogP contribution in [-0.2, 0) is 11.3 Å². The molecule has 1 heterocycles. The Morgan fingerprint density at radius 1 is 1.82 bits per heavy atom. The van der Waals surface area contributed by atoms with Crippen LogP contribution in [0.1, 0.15) is 10.6 Å². The van der Waals surface area contributed by atoms with Gasteiger partial charge in [-0.1, -0.05) is 5.16 Å². The summed E-state index contributed by atoms with van der Waals surface area (Å²) in [6.45, 7) is 1.99. The molecule has 0 unspecified atom stereocenters. The van der Waals surface area contributed by atoms with Gasteiger partial charge in [-0.05, 0) is 6.92 Å². The second kappa shape index (κ2) is 4.08. The zero-order chi connectivity index (χ0) is 8.10. The Labute approximate surface area is 69.7 Å². The molecule has 0 atom stereocenters. The summed E-state index contributed by atoms with van der Waals surface area (Å²) < 4.78 is 0. The lowest BCUT2D eigenvalue weighted by atomic mass is 10.3. The van der Waals surface area contributed by atoms with Crippen molar-refractivity contribution in [2.24, 2.45) is 5.16 Å². The molecule has 1 aromatic heterocycles. The topological polar surface area (TPSA) is 34.5 Å². The van der Waals surface area contributed by atoms with Crippen LogP contribution in [0.15, 0.2) is 10.7 Å². The van der Waals surface area contributed by atoms with E-state index in [1.165, 1.54) is 12.0 Å². The molecule has 0 spiro atoms. The monoisotopic (exact) mass is 170 g/mol. The van der Waals surface area contributed by atoms with Crippen molar-refractivity contribution in [1.82, 2.24) is 4.98 Å². The second-order valence-electron chi connectivity index (χ2n) is 2.04. The van der Waals surface area contributed by atoms with E-state index >= 15 is 0 Å². The summed E-state index contributed by atoms with van der Waals surface area (Å²) in [5, 5.41) is 3.64. The maximum Gasteiger partial charge on any atom is 0.106 e. The smallest absolute Gasteiger partial charge is 0.106 e. The highest BCUT2D eigenvalue weighted by molar-refractivity contribution is 7.09. The zero-order valence-corrected chi connectivity index (χ0v) is 7.39. The van der Waals surface area contributed by atoms with Crippen molar-refractivity contribution < 1.29 is 4.84 Å². The Bertz CT molecular complexity index is 244. The summed E-state index contributed by atoms with van der Waals surface area (Å²) in [6.07, 6.45) is 2.55. The molecule has 0 aliphatic carbocycles. The fourth-order valence-electron chi connectivity index (χ4n) is 0.717. The van der Waals surface area contributed by atoms with E-state index in [1.54, 1.807) is 17.6 Å². The third-order valence-corrected chi connectivity index (χ3v) is 2.26. The quantitative estimate of drug-likeness (QED) is 0.510. The molecular formula is C7H10N2OS. The predicted octanol–water partition coefficient (Wildman–Crippen LogP) is 1.63. The molecule has 0 N–H and O–H groups in total. The Kier molecular flexibility index (Phi) is 3.04.